The Bertz CT molecular complexity index is 549. The van der Waals surface area contributed by atoms with Crippen LogP contribution in [0.5, 0.6) is 5.75 Å². The summed E-state index contributed by atoms with van der Waals surface area (Å²) in [7, 11) is 1.57. The van der Waals surface area contributed by atoms with Crippen molar-refractivity contribution in [3.8, 4) is 5.75 Å². The molecule has 22 heavy (non-hydrogen) atoms. The van der Waals surface area contributed by atoms with Crippen LogP contribution in [0.2, 0.25) is 0 Å². The van der Waals surface area contributed by atoms with E-state index < -0.39 is 5.91 Å². The largest absolute Gasteiger partial charge is 0.497 e. The van der Waals surface area contributed by atoms with Gasteiger partial charge in [0.05, 0.1) is 13.3 Å². The van der Waals surface area contributed by atoms with Gasteiger partial charge in [0.1, 0.15) is 5.75 Å². The molecule has 0 fully saturated rings. The van der Waals surface area contributed by atoms with Gasteiger partial charge < -0.3 is 4.74 Å². The molecule has 1 aromatic rings. The highest BCUT2D eigenvalue weighted by atomic mass is 79.9. The zero-order chi connectivity index (χ0) is 16.4. The van der Waals surface area contributed by atoms with Crippen molar-refractivity contribution in [3.63, 3.8) is 0 Å². The number of nitrogens with one attached hydrogen (secondary N) is 2. The summed E-state index contributed by atoms with van der Waals surface area (Å²) in [4.78, 5) is 22.3. The van der Waals surface area contributed by atoms with E-state index in [0.717, 1.165) is 10.0 Å². The van der Waals surface area contributed by atoms with Crippen molar-refractivity contribution in [1.29, 1.82) is 0 Å². The quantitative estimate of drug-likeness (QED) is 0.281. The summed E-state index contributed by atoms with van der Waals surface area (Å²) in [6, 6.07) is 5.42. The summed E-state index contributed by atoms with van der Waals surface area (Å²) in [6.45, 7) is 0. The molecular weight excluding hydrogens is 354 g/mol. The van der Waals surface area contributed by atoms with Crippen LogP contribution in [-0.4, -0.2) is 30.3 Å². The molecule has 0 saturated carbocycles. The third-order valence-electron chi connectivity index (χ3n) is 2.78. The van der Waals surface area contributed by atoms with Gasteiger partial charge in [-0.1, -0.05) is 15.9 Å². The fourth-order valence-corrected chi connectivity index (χ4v) is 1.95. The molecule has 3 N–H and O–H groups in total. The lowest BCUT2D eigenvalue weighted by Gasteiger charge is -2.03. The standard InChI is InChI=1S/C14H18BrN3O4/c1-22-11-6-7-12(15)10(8-11)9-16-17-13(19)4-2-3-5-14(20)18-21/h6-9,21H,2-5H2,1H3,(H,17,19)(H,18,20)/b16-9+. The van der Waals surface area contributed by atoms with E-state index in [0.29, 0.717) is 18.6 Å². The van der Waals surface area contributed by atoms with Crippen molar-refractivity contribution in [3.05, 3.63) is 28.2 Å². The molecule has 0 bridgehead atoms. The smallest absolute Gasteiger partial charge is 0.243 e. The number of unbranched alkanes of at least 4 members (excludes halogenated alkanes) is 1. The molecule has 1 aromatic carbocycles. The zero-order valence-electron chi connectivity index (χ0n) is 12.1. The molecule has 2 amide bonds. The van der Waals surface area contributed by atoms with Crippen molar-refractivity contribution < 1.29 is 19.5 Å². The first-order valence-electron chi connectivity index (χ1n) is 6.65. The number of hydrogen-bond donors (Lipinski definition) is 3. The van der Waals surface area contributed by atoms with Crippen molar-refractivity contribution >= 4 is 34.0 Å². The molecule has 0 heterocycles. The van der Waals surface area contributed by atoms with Gasteiger partial charge in [0.2, 0.25) is 11.8 Å². The van der Waals surface area contributed by atoms with Gasteiger partial charge >= 0.3 is 0 Å². The average Bonchev–Trinajstić information content (AvgIpc) is 2.53. The van der Waals surface area contributed by atoms with Crippen LogP contribution in [0.25, 0.3) is 0 Å². The first kappa shape index (κ1) is 18.1. The van der Waals surface area contributed by atoms with Gasteiger partial charge in [0, 0.05) is 22.9 Å². The Balaban J connectivity index is 2.36. The molecule has 0 spiro atoms. The van der Waals surface area contributed by atoms with Crippen LogP contribution in [0, 0.1) is 0 Å². The summed E-state index contributed by atoms with van der Waals surface area (Å²) in [5, 5.41) is 12.2. The lowest BCUT2D eigenvalue weighted by molar-refractivity contribution is -0.129. The van der Waals surface area contributed by atoms with E-state index in [-0.39, 0.29) is 18.7 Å². The number of carbonyl (C=O) groups excluding carboxylic acids is 2. The van der Waals surface area contributed by atoms with Gasteiger partial charge in [-0.05, 0) is 31.0 Å². The van der Waals surface area contributed by atoms with Crippen LogP contribution in [0.15, 0.2) is 27.8 Å². The van der Waals surface area contributed by atoms with Crippen LogP contribution in [0.1, 0.15) is 31.2 Å². The molecule has 0 aliphatic rings. The predicted octanol–water partition coefficient (Wildman–Crippen LogP) is 1.97. The van der Waals surface area contributed by atoms with Crippen LogP contribution in [-0.2, 0) is 9.59 Å². The molecule has 0 unspecified atom stereocenters. The van der Waals surface area contributed by atoms with E-state index in [9.17, 15) is 9.59 Å². The van der Waals surface area contributed by atoms with Crippen molar-refractivity contribution in [2.24, 2.45) is 5.10 Å². The Morgan fingerprint density at radius 3 is 2.64 bits per heavy atom. The third kappa shape index (κ3) is 6.68. The summed E-state index contributed by atoms with van der Waals surface area (Å²) in [6.07, 6.45) is 3.02. The second kappa shape index (κ2) is 9.91. The molecule has 7 nitrogen and oxygen atoms in total. The molecule has 120 valence electrons. The maximum Gasteiger partial charge on any atom is 0.243 e. The number of carbonyl (C=O) groups is 2. The lowest BCUT2D eigenvalue weighted by Crippen LogP contribution is -2.19. The zero-order valence-corrected chi connectivity index (χ0v) is 13.7. The van der Waals surface area contributed by atoms with Crippen LogP contribution >= 0.6 is 15.9 Å². The van der Waals surface area contributed by atoms with Gasteiger partial charge in [-0.3, -0.25) is 14.8 Å². The molecule has 0 saturated heterocycles. The number of nitrogens with zero attached hydrogens (tertiary/aromatic N) is 1. The fraction of sp³-hybridized carbons (Fsp3) is 0.357. The van der Waals surface area contributed by atoms with E-state index in [1.54, 1.807) is 18.7 Å². The summed E-state index contributed by atoms with van der Waals surface area (Å²) in [5.74, 6) is -0.000819. The number of rotatable bonds is 8. The molecule has 8 heteroatoms. The fourth-order valence-electron chi connectivity index (χ4n) is 1.60. The van der Waals surface area contributed by atoms with Gasteiger partial charge in [0.15, 0.2) is 0 Å². The third-order valence-corrected chi connectivity index (χ3v) is 3.50. The topological polar surface area (TPSA) is 100 Å². The number of halogens is 1. The Kier molecular flexibility index (Phi) is 8.16. The Morgan fingerprint density at radius 2 is 2.00 bits per heavy atom. The summed E-state index contributed by atoms with van der Waals surface area (Å²) < 4.78 is 5.95. The summed E-state index contributed by atoms with van der Waals surface area (Å²) >= 11 is 3.38. The van der Waals surface area contributed by atoms with Crippen molar-refractivity contribution in [2.75, 3.05) is 7.11 Å². The first-order valence-corrected chi connectivity index (χ1v) is 7.44. The summed E-state index contributed by atoms with van der Waals surface area (Å²) in [5.41, 5.74) is 4.74. The minimum absolute atomic E-state index is 0.184. The van der Waals surface area contributed by atoms with Crippen LogP contribution in [0.4, 0.5) is 0 Å². The van der Waals surface area contributed by atoms with Gasteiger partial charge in [-0.25, -0.2) is 10.9 Å². The molecule has 0 aliphatic heterocycles. The second-order valence-corrected chi connectivity index (χ2v) is 5.28. The van der Waals surface area contributed by atoms with Crippen molar-refractivity contribution in [2.45, 2.75) is 25.7 Å². The second-order valence-electron chi connectivity index (χ2n) is 4.42. The van der Waals surface area contributed by atoms with Crippen LogP contribution in [0.3, 0.4) is 0 Å². The van der Waals surface area contributed by atoms with E-state index in [1.807, 2.05) is 12.1 Å². The predicted molar refractivity (Wildman–Crippen MR) is 84.8 cm³/mol. The highest BCUT2D eigenvalue weighted by Crippen LogP contribution is 2.20. The number of hydroxylamine groups is 1. The van der Waals surface area contributed by atoms with E-state index in [4.69, 9.17) is 9.94 Å². The number of amides is 2. The highest BCUT2D eigenvalue weighted by Gasteiger charge is 2.03. The molecule has 0 atom stereocenters. The monoisotopic (exact) mass is 371 g/mol. The Morgan fingerprint density at radius 1 is 1.32 bits per heavy atom. The maximum absolute atomic E-state index is 11.5. The number of methoxy groups -OCH3 is 1. The number of benzene rings is 1. The molecule has 0 aliphatic carbocycles. The van der Waals surface area contributed by atoms with E-state index in [1.165, 1.54) is 6.21 Å². The first-order chi connectivity index (χ1) is 10.6. The number of ether oxygens (including phenoxy) is 1. The van der Waals surface area contributed by atoms with Gasteiger partial charge in [-0.2, -0.15) is 5.10 Å². The van der Waals surface area contributed by atoms with E-state index >= 15 is 0 Å². The van der Waals surface area contributed by atoms with Crippen molar-refractivity contribution in [1.82, 2.24) is 10.9 Å². The van der Waals surface area contributed by atoms with E-state index in [2.05, 4.69) is 26.5 Å². The SMILES string of the molecule is COc1ccc(Br)c(/C=N/NC(=O)CCCCC(=O)NO)c1. The van der Waals surface area contributed by atoms with Gasteiger partial charge in [-0.15, -0.1) is 0 Å². The lowest BCUT2D eigenvalue weighted by atomic mass is 10.2. The minimum atomic E-state index is -0.457. The minimum Gasteiger partial charge on any atom is -0.497 e. The average molecular weight is 372 g/mol. The molecule has 1 rings (SSSR count). The molecular formula is C14H18BrN3O4. The number of hydrogen-bond acceptors (Lipinski definition) is 5. The van der Waals surface area contributed by atoms with Crippen LogP contribution < -0.4 is 15.6 Å². The molecule has 0 aromatic heterocycles. The Labute approximate surface area is 136 Å². The number of hydrazone groups is 1. The Hall–Kier alpha value is -1.93. The maximum atomic E-state index is 11.5. The van der Waals surface area contributed by atoms with Gasteiger partial charge in [0.25, 0.3) is 0 Å². The normalized spacial score (nSPS) is 10.5. The molecule has 0 radical (unpaired) electrons. The highest BCUT2D eigenvalue weighted by molar-refractivity contribution is 9.10.